The molecule has 4 N–H and O–H groups in total. The lowest BCUT2D eigenvalue weighted by molar-refractivity contribution is -0.187. The SMILES string of the molecule is CNS(=O)(=O)N1CCC(O)(C(S[C@@H]2O[C@H](COC(C)=O)[C@H](O)[C@H](n3cc(-c4cc(F)c(F)c(F)c4)nn3)[C@H]2O)c2ccccc2C(F)(F)F)CC1. The van der Waals surface area contributed by atoms with Crippen LogP contribution in [0.2, 0.25) is 0 Å². The summed E-state index contributed by atoms with van der Waals surface area (Å²) in [5, 5.41) is 41.1. The van der Waals surface area contributed by atoms with Crippen LogP contribution in [0.3, 0.4) is 0 Å². The summed E-state index contributed by atoms with van der Waals surface area (Å²) in [6.07, 6.45) is -9.51. The fraction of sp³-hybridized carbons (Fsp3) is 0.500. The zero-order valence-corrected chi connectivity index (χ0v) is 28.4. The first-order valence-electron chi connectivity index (χ1n) is 15.3. The van der Waals surface area contributed by atoms with Crippen LogP contribution in [-0.2, 0) is 30.7 Å². The van der Waals surface area contributed by atoms with E-state index in [1.165, 1.54) is 13.1 Å². The van der Waals surface area contributed by atoms with E-state index in [-0.39, 0.29) is 37.2 Å². The van der Waals surface area contributed by atoms with Gasteiger partial charge in [0.25, 0.3) is 10.2 Å². The van der Waals surface area contributed by atoms with E-state index in [0.29, 0.717) is 23.9 Å². The van der Waals surface area contributed by atoms with Crippen LogP contribution in [0.1, 0.15) is 42.2 Å². The number of alkyl halides is 3. The van der Waals surface area contributed by atoms with Crippen LogP contribution in [-0.4, -0.2) is 105 Å². The van der Waals surface area contributed by atoms with E-state index >= 15 is 0 Å². The number of hydrogen-bond donors (Lipinski definition) is 4. The number of thioether (sulfide) groups is 1. The van der Waals surface area contributed by atoms with Crippen molar-refractivity contribution >= 4 is 27.9 Å². The number of hydrogen-bond acceptors (Lipinski definition) is 11. The number of carbonyl (C=O) groups is 1. The molecule has 0 saturated carbocycles. The number of carbonyl (C=O) groups excluding carboxylic acids is 1. The minimum absolute atomic E-state index is 0.214. The molecule has 6 atom stereocenters. The van der Waals surface area contributed by atoms with Gasteiger partial charge in [-0.2, -0.15) is 25.9 Å². The number of aromatic nitrogens is 3. The molecule has 2 aliphatic heterocycles. The van der Waals surface area contributed by atoms with E-state index in [2.05, 4.69) is 15.0 Å². The fourth-order valence-electron chi connectivity index (χ4n) is 6.05. The largest absolute Gasteiger partial charge is 0.463 e. The number of rotatable bonds is 10. The molecule has 2 fully saturated rings. The van der Waals surface area contributed by atoms with Gasteiger partial charge >= 0.3 is 12.1 Å². The lowest BCUT2D eigenvalue weighted by Crippen LogP contribution is -2.56. The number of aliphatic hydroxyl groups excluding tert-OH is 2. The van der Waals surface area contributed by atoms with Crippen LogP contribution in [0.25, 0.3) is 11.3 Å². The highest BCUT2D eigenvalue weighted by molar-refractivity contribution is 8.00. The van der Waals surface area contributed by atoms with Crippen molar-refractivity contribution in [3.8, 4) is 11.3 Å². The molecule has 2 aliphatic rings. The molecule has 1 aromatic heterocycles. The van der Waals surface area contributed by atoms with Crippen molar-refractivity contribution in [2.45, 2.75) is 66.6 Å². The molecule has 5 rings (SSSR count). The number of benzene rings is 2. The monoisotopic (exact) mass is 769 g/mol. The molecule has 0 spiro atoms. The lowest BCUT2D eigenvalue weighted by Gasteiger charge is -2.47. The second-order valence-electron chi connectivity index (χ2n) is 12.0. The number of nitrogens with one attached hydrogen (secondary N) is 1. The third-order valence-electron chi connectivity index (χ3n) is 8.71. The van der Waals surface area contributed by atoms with Crippen molar-refractivity contribution in [2.24, 2.45) is 0 Å². The predicted octanol–water partition coefficient (Wildman–Crippen LogP) is 2.70. The molecule has 3 aromatic rings. The van der Waals surface area contributed by atoms with Crippen LogP contribution >= 0.6 is 11.8 Å². The van der Waals surface area contributed by atoms with Gasteiger partial charge in [0.05, 0.1) is 22.6 Å². The lowest BCUT2D eigenvalue weighted by atomic mass is 9.84. The van der Waals surface area contributed by atoms with E-state index in [9.17, 15) is 54.9 Å². The molecule has 51 heavy (non-hydrogen) atoms. The van der Waals surface area contributed by atoms with Gasteiger partial charge < -0.3 is 24.8 Å². The van der Waals surface area contributed by atoms with Gasteiger partial charge in [-0.3, -0.25) is 4.79 Å². The highest BCUT2D eigenvalue weighted by Gasteiger charge is 2.52. The minimum atomic E-state index is -4.90. The first-order chi connectivity index (χ1) is 23.9. The van der Waals surface area contributed by atoms with Gasteiger partial charge in [0, 0.05) is 32.6 Å². The van der Waals surface area contributed by atoms with Crippen molar-refractivity contribution in [2.75, 3.05) is 26.7 Å². The van der Waals surface area contributed by atoms with Gasteiger partial charge in [0.1, 0.15) is 42.1 Å². The molecular formula is C30H33F6N5O8S2. The van der Waals surface area contributed by atoms with E-state index in [0.717, 1.165) is 40.3 Å². The van der Waals surface area contributed by atoms with Gasteiger partial charge in [0.15, 0.2) is 17.5 Å². The summed E-state index contributed by atoms with van der Waals surface area (Å²) in [5.41, 5.74) is -5.58. The van der Waals surface area contributed by atoms with Crippen molar-refractivity contribution in [1.82, 2.24) is 24.0 Å². The summed E-state index contributed by atoms with van der Waals surface area (Å²) in [7, 11) is -2.76. The maximum atomic E-state index is 14.4. The molecule has 2 saturated heterocycles. The highest BCUT2D eigenvalue weighted by atomic mass is 32.2. The Morgan fingerprint density at radius 2 is 1.76 bits per heavy atom. The molecule has 280 valence electrons. The molecule has 0 bridgehead atoms. The van der Waals surface area contributed by atoms with E-state index in [1.54, 1.807) is 0 Å². The summed E-state index contributed by atoms with van der Waals surface area (Å²) in [5.74, 6) is -5.56. The Hall–Kier alpha value is -3.31. The average Bonchev–Trinajstić information content (AvgIpc) is 3.56. The van der Waals surface area contributed by atoms with Gasteiger partial charge in [0.2, 0.25) is 0 Å². The quantitative estimate of drug-likeness (QED) is 0.136. The summed E-state index contributed by atoms with van der Waals surface area (Å²) >= 11 is 0.564. The predicted molar refractivity (Wildman–Crippen MR) is 167 cm³/mol. The van der Waals surface area contributed by atoms with Crippen molar-refractivity contribution < 1.29 is 64.3 Å². The summed E-state index contributed by atoms with van der Waals surface area (Å²) < 4.78 is 125. The fourth-order valence-corrected chi connectivity index (χ4v) is 8.61. The molecule has 0 radical (unpaired) electrons. The standard InChI is InChI=1S/C30H33F6N5O8S2/c1-15(42)48-14-22-25(43)24(41-13-21(38-39-41)16-11-19(31)23(33)20(32)12-16)26(44)28(49-22)50-27(17-5-3-4-6-18(17)30(34,35)36)29(45)7-9-40(10-8-29)51(46,47)37-2/h3-6,11-13,22,24-28,37,43-45H,7-10,14H2,1-2H3/t22-,24+,25+,26-,27?,28+/m1/s1. The smallest absolute Gasteiger partial charge is 0.416 e. The molecular weight excluding hydrogens is 736 g/mol. The van der Waals surface area contributed by atoms with E-state index in [4.69, 9.17) is 9.47 Å². The van der Waals surface area contributed by atoms with Gasteiger partial charge in [-0.1, -0.05) is 23.4 Å². The Balaban J connectivity index is 1.55. The Morgan fingerprint density at radius 3 is 2.35 bits per heavy atom. The second kappa shape index (κ2) is 15.0. The topological polar surface area (TPSA) is 176 Å². The third-order valence-corrected chi connectivity index (χ3v) is 11.9. The van der Waals surface area contributed by atoms with E-state index < -0.39 is 98.2 Å². The first kappa shape index (κ1) is 38.9. The Bertz CT molecular complexity index is 1820. The Kier molecular flexibility index (Phi) is 11.4. The molecule has 21 heteroatoms. The second-order valence-corrected chi connectivity index (χ2v) is 15.1. The number of esters is 1. The normalized spacial score (nSPS) is 25.0. The van der Waals surface area contributed by atoms with Crippen molar-refractivity contribution in [1.29, 1.82) is 0 Å². The number of halogens is 6. The van der Waals surface area contributed by atoms with Crippen LogP contribution in [0, 0.1) is 17.5 Å². The van der Waals surface area contributed by atoms with Gasteiger partial charge in [-0.15, -0.1) is 16.9 Å². The first-order valence-corrected chi connectivity index (χ1v) is 17.7. The molecule has 1 unspecified atom stereocenters. The Labute approximate surface area is 291 Å². The average molecular weight is 770 g/mol. The van der Waals surface area contributed by atoms with Gasteiger partial charge in [-0.25, -0.2) is 22.6 Å². The Morgan fingerprint density at radius 1 is 1.14 bits per heavy atom. The van der Waals surface area contributed by atoms with Crippen molar-refractivity contribution in [3.63, 3.8) is 0 Å². The number of ether oxygens (including phenoxy) is 2. The minimum Gasteiger partial charge on any atom is -0.463 e. The molecule has 0 aliphatic carbocycles. The molecule has 3 heterocycles. The summed E-state index contributed by atoms with van der Waals surface area (Å²) in [6, 6.07) is 4.15. The van der Waals surface area contributed by atoms with Gasteiger partial charge in [-0.05, 0) is 36.6 Å². The highest BCUT2D eigenvalue weighted by Crippen LogP contribution is 2.52. The zero-order valence-electron chi connectivity index (χ0n) is 26.8. The zero-order chi connectivity index (χ0) is 37.5. The molecule has 0 amide bonds. The van der Waals surface area contributed by atoms with Crippen LogP contribution in [0.15, 0.2) is 42.6 Å². The summed E-state index contributed by atoms with van der Waals surface area (Å²) in [6.45, 7) is -0.0836. The number of nitrogens with zero attached hydrogens (tertiary/aromatic N) is 4. The van der Waals surface area contributed by atoms with Crippen LogP contribution in [0.4, 0.5) is 26.3 Å². The summed E-state index contributed by atoms with van der Waals surface area (Å²) in [4.78, 5) is 11.7. The maximum Gasteiger partial charge on any atom is 0.416 e. The maximum absolute atomic E-state index is 14.4. The van der Waals surface area contributed by atoms with Crippen molar-refractivity contribution in [3.05, 3.63) is 71.2 Å². The van der Waals surface area contributed by atoms with Crippen LogP contribution < -0.4 is 4.72 Å². The third kappa shape index (κ3) is 8.19. The molecule has 13 nitrogen and oxygen atoms in total. The molecule has 2 aromatic carbocycles. The number of aliphatic hydroxyl groups is 3. The number of piperidine rings is 1. The van der Waals surface area contributed by atoms with Crippen LogP contribution in [0.5, 0.6) is 0 Å². The van der Waals surface area contributed by atoms with E-state index in [1.807, 2.05) is 0 Å².